The third-order valence-electron chi connectivity index (χ3n) is 2.41. The standard InChI is InChI=1S/C9H13N3/c1-6-4-5-7(2)9-8(6)10-11-12(9)3/h4-5,9,11H,1-3H3. The summed E-state index contributed by atoms with van der Waals surface area (Å²) in [6.07, 6.45) is 4.27. The Morgan fingerprint density at radius 3 is 2.83 bits per heavy atom. The van der Waals surface area contributed by atoms with Crippen LogP contribution in [0.5, 0.6) is 0 Å². The molecular formula is C9H13N3. The molecule has 0 aromatic carbocycles. The van der Waals surface area contributed by atoms with Crippen LogP contribution in [0.4, 0.5) is 0 Å². The Labute approximate surface area is 72.4 Å². The number of hydrazine groups is 1. The fraction of sp³-hybridized carbons (Fsp3) is 0.444. The van der Waals surface area contributed by atoms with Crippen LogP contribution >= 0.6 is 0 Å². The first-order valence-electron chi connectivity index (χ1n) is 4.11. The van der Waals surface area contributed by atoms with E-state index in [9.17, 15) is 0 Å². The molecular weight excluding hydrogens is 150 g/mol. The van der Waals surface area contributed by atoms with Gasteiger partial charge in [-0.25, -0.2) is 5.53 Å². The molecule has 1 unspecified atom stereocenters. The number of nitrogens with one attached hydrogen (secondary N) is 1. The molecule has 3 heteroatoms. The van der Waals surface area contributed by atoms with E-state index in [0.717, 1.165) is 5.71 Å². The van der Waals surface area contributed by atoms with E-state index in [4.69, 9.17) is 0 Å². The Bertz CT molecular complexity index is 299. The molecule has 1 aliphatic carbocycles. The first-order chi connectivity index (χ1) is 5.70. The molecule has 0 aromatic rings. The van der Waals surface area contributed by atoms with Gasteiger partial charge in [0.05, 0.1) is 11.8 Å². The smallest absolute Gasteiger partial charge is 0.0955 e. The van der Waals surface area contributed by atoms with Gasteiger partial charge >= 0.3 is 0 Å². The van der Waals surface area contributed by atoms with Gasteiger partial charge in [0, 0.05) is 7.05 Å². The average Bonchev–Trinajstić information content (AvgIpc) is 2.42. The zero-order valence-corrected chi connectivity index (χ0v) is 7.63. The molecule has 1 atom stereocenters. The lowest BCUT2D eigenvalue weighted by Crippen LogP contribution is -2.39. The molecule has 0 fully saturated rings. The van der Waals surface area contributed by atoms with Gasteiger partial charge in [-0.3, -0.25) is 0 Å². The van der Waals surface area contributed by atoms with Crippen LogP contribution in [0.3, 0.4) is 0 Å². The van der Waals surface area contributed by atoms with Crippen LogP contribution in [-0.4, -0.2) is 23.8 Å². The van der Waals surface area contributed by atoms with Crippen LogP contribution in [0.1, 0.15) is 13.8 Å². The molecule has 2 rings (SSSR count). The predicted molar refractivity (Wildman–Crippen MR) is 49.6 cm³/mol. The number of fused-ring (bicyclic) bond motifs is 1. The van der Waals surface area contributed by atoms with E-state index in [2.05, 4.69) is 36.6 Å². The molecule has 0 amide bonds. The number of hydrazone groups is 1. The minimum Gasteiger partial charge on any atom is -0.239 e. The molecule has 0 radical (unpaired) electrons. The SMILES string of the molecule is CC1=CC=C(C)C2C1=NNN2C. The van der Waals surface area contributed by atoms with Gasteiger partial charge in [0.15, 0.2) is 0 Å². The second-order valence-electron chi connectivity index (χ2n) is 3.37. The number of hydrogen-bond acceptors (Lipinski definition) is 3. The van der Waals surface area contributed by atoms with Gasteiger partial charge in [-0.15, -0.1) is 0 Å². The zero-order valence-electron chi connectivity index (χ0n) is 7.63. The first-order valence-corrected chi connectivity index (χ1v) is 4.11. The lowest BCUT2D eigenvalue weighted by atomic mass is 9.93. The summed E-state index contributed by atoms with van der Waals surface area (Å²) in [7, 11) is 2.01. The normalized spacial score (nSPS) is 28.6. The van der Waals surface area contributed by atoms with Crippen molar-refractivity contribution in [1.29, 1.82) is 0 Å². The number of nitrogens with zero attached hydrogens (tertiary/aromatic N) is 2. The van der Waals surface area contributed by atoms with Crippen LogP contribution in [0, 0.1) is 0 Å². The number of rotatable bonds is 0. The van der Waals surface area contributed by atoms with E-state index in [-0.39, 0.29) is 0 Å². The number of likely N-dealkylation sites (N-methyl/N-ethyl adjacent to an activating group) is 1. The van der Waals surface area contributed by atoms with Crippen LogP contribution in [0.2, 0.25) is 0 Å². The highest BCUT2D eigenvalue weighted by Gasteiger charge is 2.30. The summed E-state index contributed by atoms with van der Waals surface area (Å²) in [5.74, 6) is 0. The summed E-state index contributed by atoms with van der Waals surface area (Å²) < 4.78 is 0. The van der Waals surface area contributed by atoms with Crippen molar-refractivity contribution in [2.75, 3.05) is 7.05 Å². The Hall–Kier alpha value is -1.09. The monoisotopic (exact) mass is 163 g/mol. The van der Waals surface area contributed by atoms with Crippen LogP contribution in [0.15, 0.2) is 28.4 Å². The molecule has 0 saturated carbocycles. The number of allylic oxidation sites excluding steroid dienone is 2. The summed E-state index contributed by atoms with van der Waals surface area (Å²) in [5.41, 5.74) is 6.70. The molecule has 0 spiro atoms. The van der Waals surface area contributed by atoms with Gasteiger partial charge in [-0.2, -0.15) is 10.1 Å². The second kappa shape index (κ2) is 2.45. The molecule has 1 heterocycles. The van der Waals surface area contributed by atoms with Crippen molar-refractivity contribution in [1.82, 2.24) is 10.5 Å². The van der Waals surface area contributed by atoms with Gasteiger partial charge in [0.2, 0.25) is 0 Å². The molecule has 1 aliphatic heterocycles. The molecule has 12 heavy (non-hydrogen) atoms. The Balaban J connectivity index is 2.42. The van der Waals surface area contributed by atoms with Crippen LogP contribution < -0.4 is 5.53 Å². The molecule has 1 N–H and O–H groups in total. The lowest BCUT2D eigenvalue weighted by molar-refractivity contribution is 0.257. The molecule has 64 valence electrons. The van der Waals surface area contributed by atoms with Crippen molar-refractivity contribution in [3.63, 3.8) is 0 Å². The highest BCUT2D eigenvalue weighted by Crippen LogP contribution is 2.22. The predicted octanol–water partition coefficient (Wildman–Crippen LogP) is 1.07. The quantitative estimate of drug-likeness (QED) is 0.578. The van der Waals surface area contributed by atoms with E-state index in [1.165, 1.54) is 11.1 Å². The third kappa shape index (κ3) is 0.898. The fourth-order valence-electron chi connectivity index (χ4n) is 1.69. The van der Waals surface area contributed by atoms with Crippen molar-refractivity contribution < 1.29 is 0 Å². The third-order valence-corrected chi connectivity index (χ3v) is 2.41. The van der Waals surface area contributed by atoms with E-state index in [1.54, 1.807) is 0 Å². The Morgan fingerprint density at radius 2 is 2.17 bits per heavy atom. The highest BCUT2D eigenvalue weighted by atomic mass is 15.7. The Kier molecular flexibility index (Phi) is 1.54. The maximum Gasteiger partial charge on any atom is 0.0955 e. The summed E-state index contributed by atoms with van der Waals surface area (Å²) >= 11 is 0. The second-order valence-corrected chi connectivity index (χ2v) is 3.37. The van der Waals surface area contributed by atoms with Crippen molar-refractivity contribution in [2.24, 2.45) is 5.10 Å². The first kappa shape index (κ1) is 7.55. The molecule has 0 aromatic heterocycles. The van der Waals surface area contributed by atoms with Crippen LogP contribution in [-0.2, 0) is 0 Å². The fourth-order valence-corrected chi connectivity index (χ4v) is 1.69. The minimum atomic E-state index is 0.343. The highest BCUT2D eigenvalue weighted by molar-refractivity contribution is 6.07. The molecule has 3 nitrogen and oxygen atoms in total. The molecule has 0 bridgehead atoms. The summed E-state index contributed by atoms with van der Waals surface area (Å²) in [4.78, 5) is 0. The van der Waals surface area contributed by atoms with E-state index in [0.29, 0.717) is 6.04 Å². The summed E-state index contributed by atoms with van der Waals surface area (Å²) in [6.45, 7) is 4.22. The molecule has 2 aliphatic rings. The largest absolute Gasteiger partial charge is 0.239 e. The average molecular weight is 163 g/mol. The zero-order chi connectivity index (χ0) is 8.72. The Morgan fingerprint density at radius 1 is 1.42 bits per heavy atom. The van der Waals surface area contributed by atoms with Gasteiger partial charge in [0.1, 0.15) is 0 Å². The van der Waals surface area contributed by atoms with Gasteiger partial charge in [-0.05, 0) is 25.0 Å². The van der Waals surface area contributed by atoms with Crippen molar-refractivity contribution >= 4 is 5.71 Å². The van der Waals surface area contributed by atoms with Crippen molar-refractivity contribution in [2.45, 2.75) is 19.9 Å². The lowest BCUT2D eigenvalue weighted by Gasteiger charge is -2.23. The van der Waals surface area contributed by atoms with E-state index in [1.807, 2.05) is 12.1 Å². The van der Waals surface area contributed by atoms with E-state index < -0.39 is 0 Å². The topological polar surface area (TPSA) is 27.6 Å². The van der Waals surface area contributed by atoms with Gasteiger partial charge in [-0.1, -0.05) is 12.2 Å². The summed E-state index contributed by atoms with van der Waals surface area (Å²) in [5, 5.41) is 6.28. The molecule has 0 saturated heterocycles. The maximum absolute atomic E-state index is 4.25. The summed E-state index contributed by atoms with van der Waals surface area (Å²) in [6, 6.07) is 0.343. The van der Waals surface area contributed by atoms with Crippen LogP contribution in [0.25, 0.3) is 0 Å². The van der Waals surface area contributed by atoms with Gasteiger partial charge < -0.3 is 0 Å². The van der Waals surface area contributed by atoms with Gasteiger partial charge in [0.25, 0.3) is 0 Å². The van der Waals surface area contributed by atoms with E-state index >= 15 is 0 Å². The van der Waals surface area contributed by atoms with Crippen molar-refractivity contribution in [3.8, 4) is 0 Å². The van der Waals surface area contributed by atoms with Crippen molar-refractivity contribution in [3.05, 3.63) is 23.3 Å². The minimum absolute atomic E-state index is 0.343. The number of hydrogen-bond donors (Lipinski definition) is 1. The maximum atomic E-state index is 4.25.